The van der Waals surface area contributed by atoms with Gasteiger partial charge in [-0.2, -0.15) is 5.10 Å². The summed E-state index contributed by atoms with van der Waals surface area (Å²) < 4.78 is 7.54. The Hall–Kier alpha value is -2.36. The monoisotopic (exact) mass is 536 g/mol. The van der Waals surface area contributed by atoms with E-state index in [1.54, 1.807) is 6.26 Å². The van der Waals surface area contributed by atoms with Crippen LogP contribution < -0.4 is 5.32 Å². The molecule has 1 N–H and O–H groups in total. The quantitative estimate of drug-likeness (QED) is 0.269. The molecule has 2 aromatic heterocycles. The third-order valence-corrected chi connectivity index (χ3v) is 4.83. The third kappa shape index (κ3) is 6.56. The van der Waals surface area contributed by atoms with Gasteiger partial charge in [-0.1, -0.05) is 31.5 Å². The fourth-order valence-electron chi connectivity index (χ4n) is 3.33. The highest BCUT2D eigenvalue weighted by atomic mass is 127. The van der Waals surface area contributed by atoms with Crippen LogP contribution in [0.25, 0.3) is 11.5 Å². The molecule has 0 saturated carbocycles. The summed E-state index contributed by atoms with van der Waals surface area (Å²) in [7, 11) is 4.00. The number of nitrogens with zero attached hydrogens (tertiary/aromatic N) is 5. The van der Waals surface area contributed by atoms with E-state index >= 15 is 0 Å². The first-order chi connectivity index (χ1) is 14.4. The van der Waals surface area contributed by atoms with Gasteiger partial charge < -0.3 is 14.6 Å². The molecule has 2 heterocycles. The van der Waals surface area contributed by atoms with Crippen LogP contribution in [-0.4, -0.2) is 39.2 Å². The second kappa shape index (κ2) is 11.3. The SMILES string of the molecule is CCNC(=NCc1coc(-c2ccc(C)cc2)n1)N(C)Cc1cn(C)nc1C(C)C.I. The molecule has 0 atom stereocenters. The van der Waals surface area contributed by atoms with Crippen LogP contribution in [0.3, 0.4) is 0 Å². The van der Waals surface area contributed by atoms with Crippen LogP contribution in [0.2, 0.25) is 0 Å². The van der Waals surface area contributed by atoms with Crippen LogP contribution in [0.15, 0.2) is 46.1 Å². The first-order valence-corrected chi connectivity index (χ1v) is 10.4. The molecule has 31 heavy (non-hydrogen) atoms. The summed E-state index contributed by atoms with van der Waals surface area (Å²) in [6, 6.07) is 8.15. The summed E-state index contributed by atoms with van der Waals surface area (Å²) in [4.78, 5) is 11.5. The average Bonchev–Trinajstić information content (AvgIpc) is 3.32. The topological polar surface area (TPSA) is 71.5 Å². The molecule has 0 aliphatic carbocycles. The van der Waals surface area contributed by atoms with E-state index in [1.807, 2.05) is 30.9 Å². The lowest BCUT2D eigenvalue weighted by Crippen LogP contribution is -2.38. The minimum Gasteiger partial charge on any atom is -0.444 e. The van der Waals surface area contributed by atoms with E-state index in [2.05, 4.69) is 66.3 Å². The molecule has 0 bridgehead atoms. The Morgan fingerprint density at radius 2 is 1.97 bits per heavy atom. The second-order valence-corrected chi connectivity index (χ2v) is 7.90. The summed E-state index contributed by atoms with van der Waals surface area (Å²) in [5, 5.41) is 7.97. The summed E-state index contributed by atoms with van der Waals surface area (Å²) in [5.74, 6) is 1.83. The van der Waals surface area contributed by atoms with Crippen molar-refractivity contribution < 1.29 is 4.42 Å². The highest BCUT2D eigenvalue weighted by molar-refractivity contribution is 14.0. The van der Waals surface area contributed by atoms with Gasteiger partial charge in [-0.05, 0) is 31.9 Å². The van der Waals surface area contributed by atoms with Crippen LogP contribution in [0.5, 0.6) is 0 Å². The fraction of sp³-hybridized carbons (Fsp3) is 0.435. The van der Waals surface area contributed by atoms with E-state index in [0.717, 1.165) is 36.0 Å². The predicted molar refractivity (Wildman–Crippen MR) is 136 cm³/mol. The number of nitrogens with one attached hydrogen (secondary N) is 1. The molecule has 8 heteroatoms. The average molecular weight is 536 g/mol. The maximum atomic E-state index is 5.66. The van der Waals surface area contributed by atoms with Crippen molar-refractivity contribution in [1.82, 2.24) is 25.0 Å². The lowest BCUT2D eigenvalue weighted by molar-refractivity contribution is 0.473. The van der Waals surface area contributed by atoms with Gasteiger partial charge >= 0.3 is 0 Å². The van der Waals surface area contributed by atoms with E-state index < -0.39 is 0 Å². The molecule has 0 amide bonds. The summed E-state index contributed by atoms with van der Waals surface area (Å²) in [6.07, 6.45) is 3.77. The van der Waals surface area contributed by atoms with Crippen LogP contribution in [-0.2, 0) is 20.1 Å². The Balaban J connectivity index is 0.00000341. The molecule has 0 fully saturated rings. The number of hydrogen-bond acceptors (Lipinski definition) is 4. The number of guanidine groups is 1. The van der Waals surface area contributed by atoms with Crippen molar-refractivity contribution in [3.63, 3.8) is 0 Å². The lowest BCUT2D eigenvalue weighted by atomic mass is 10.1. The van der Waals surface area contributed by atoms with E-state index in [-0.39, 0.29) is 24.0 Å². The Morgan fingerprint density at radius 1 is 1.26 bits per heavy atom. The van der Waals surface area contributed by atoms with Gasteiger partial charge in [0.1, 0.15) is 12.0 Å². The highest BCUT2D eigenvalue weighted by Crippen LogP contribution is 2.20. The number of aryl methyl sites for hydroxylation is 2. The van der Waals surface area contributed by atoms with Crippen molar-refractivity contribution in [3.05, 3.63) is 59.2 Å². The molecule has 168 valence electrons. The van der Waals surface area contributed by atoms with Gasteiger partial charge in [0, 0.05) is 44.5 Å². The molecule has 0 radical (unpaired) electrons. The molecule has 3 aromatic rings. The number of oxazole rings is 1. The predicted octanol–water partition coefficient (Wildman–Crippen LogP) is 4.72. The molecule has 1 aromatic carbocycles. The van der Waals surface area contributed by atoms with Crippen molar-refractivity contribution in [2.45, 2.75) is 46.7 Å². The number of benzene rings is 1. The van der Waals surface area contributed by atoms with Gasteiger partial charge in [-0.15, -0.1) is 24.0 Å². The zero-order valence-corrected chi connectivity index (χ0v) is 21.5. The molecular formula is C23H33IN6O. The van der Waals surface area contributed by atoms with Crippen LogP contribution >= 0.6 is 24.0 Å². The summed E-state index contributed by atoms with van der Waals surface area (Å²) in [6.45, 7) is 10.4. The Labute approximate surface area is 202 Å². The molecule has 0 aliphatic rings. The van der Waals surface area contributed by atoms with E-state index in [4.69, 9.17) is 9.41 Å². The smallest absolute Gasteiger partial charge is 0.226 e. The number of halogens is 1. The molecule has 0 spiro atoms. The first kappa shape index (κ1) is 24.9. The van der Waals surface area contributed by atoms with Crippen molar-refractivity contribution >= 4 is 29.9 Å². The van der Waals surface area contributed by atoms with Crippen LogP contribution in [0, 0.1) is 6.92 Å². The second-order valence-electron chi connectivity index (χ2n) is 7.90. The minimum atomic E-state index is 0. The summed E-state index contributed by atoms with van der Waals surface area (Å²) >= 11 is 0. The molecule has 0 unspecified atom stereocenters. The van der Waals surface area contributed by atoms with Gasteiger partial charge in [-0.25, -0.2) is 9.98 Å². The van der Waals surface area contributed by atoms with E-state index in [0.29, 0.717) is 18.4 Å². The van der Waals surface area contributed by atoms with Gasteiger partial charge in [-0.3, -0.25) is 4.68 Å². The fourth-order valence-corrected chi connectivity index (χ4v) is 3.33. The summed E-state index contributed by atoms with van der Waals surface area (Å²) in [5.41, 5.74) is 5.32. The van der Waals surface area contributed by atoms with Crippen molar-refractivity contribution in [1.29, 1.82) is 0 Å². The number of rotatable bonds is 7. The maximum Gasteiger partial charge on any atom is 0.226 e. The molecule has 3 rings (SSSR count). The molecule has 0 saturated heterocycles. The van der Waals surface area contributed by atoms with Crippen molar-refractivity contribution in [2.24, 2.45) is 12.0 Å². The Morgan fingerprint density at radius 3 is 2.61 bits per heavy atom. The maximum absolute atomic E-state index is 5.66. The van der Waals surface area contributed by atoms with Gasteiger partial charge in [0.15, 0.2) is 5.96 Å². The van der Waals surface area contributed by atoms with Crippen molar-refractivity contribution in [2.75, 3.05) is 13.6 Å². The Kier molecular flexibility index (Phi) is 9.09. The van der Waals surface area contributed by atoms with Gasteiger partial charge in [0.25, 0.3) is 0 Å². The minimum absolute atomic E-state index is 0. The third-order valence-electron chi connectivity index (χ3n) is 4.83. The standard InChI is InChI=1S/C23H32N6O.HI/c1-7-24-23(28(5)13-19-14-29(6)27-21(19)16(2)3)25-12-20-15-30-22(26-20)18-10-8-17(4)9-11-18;/h8-11,14-16H,7,12-13H2,1-6H3,(H,24,25);1H. The molecule has 7 nitrogen and oxygen atoms in total. The number of hydrogen-bond donors (Lipinski definition) is 1. The highest BCUT2D eigenvalue weighted by Gasteiger charge is 2.15. The van der Waals surface area contributed by atoms with Crippen LogP contribution in [0.4, 0.5) is 0 Å². The normalized spacial score (nSPS) is 11.5. The molecule has 0 aliphatic heterocycles. The Bertz CT molecular complexity index is 990. The zero-order chi connectivity index (χ0) is 21.7. The lowest BCUT2D eigenvalue weighted by Gasteiger charge is -2.22. The zero-order valence-electron chi connectivity index (χ0n) is 19.2. The van der Waals surface area contributed by atoms with Crippen molar-refractivity contribution in [3.8, 4) is 11.5 Å². The van der Waals surface area contributed by atoms with E-state index in [9.17, 15) is 0 Å². The largest absolute Gasteiger partial charge is 0.444 e. The van der Waals surface area contributed by atoms with Gasteiger partial charge in [0.2, 0.25) is 5.89 Å². The van der Waals surface area contributed by atoms with Crippen LogP contribution in [0.1, 0.15) is 49.2 Å². The molecular weight excluding hydrogens is 503 g/mol. The number of aromatic nitrogens is 3. The number of aliphatic imine (C=N–C) groups is 1. The first-order valence-electron chi connectivity index (χ1n) is 10.4. The van der Waals surface area contributed by atoms with E-state index in [1.165, 1.54) is 11.1 Å². The van der Waals surface area contributed by atoms with Gasteiger partial charge in [0.05, 0.1) is 12.2 Å².